The summed E-state index contributed by atoms with van der Waals surface area (Å²) < 4.78 is 23.3. The number of esters is 1. The molecule has 1 aromatic rings. The van der Waals surface area contributed by atoms with Gasteiger partial charge in [0.15, 0.2) is 0 Å². The molecule has 1 rings (SSSR count). The highest BCUT2D eigenvalue weighted by Gasteiger charge is 2.03. The molecule has 0 spiro atoms. The molecule has 0 amide bonds. The second-order valence-electron chi connectivity index (χ2n) is 4.10. The maximum atomic E-state index is 13.4. The lowest BCUT2D eigenvalue weighted by Gasteiger charge is -2.09. The van der Waals surface area contributed by atoms with Crippen molar-refractivity contribution in [1.29, 1.82) is 0 Å². The third-order valence-electron chi connectivity index (χ3n) is 2.53. The molecule has 0 saturated heterocycles. The van der Waals surface area contributed by atoms with E-state index >= 15 is 0 Å². The second kappa shape index (κ2) is 8.48. The number of halogens is 1. The summed E-state index contributed by atoms with van der Waals surface area (Å²) in [6.07, 6.45) is 0.849. The molecule has 1 N–H and O–H groups in total. The Balaban J connectivity index is 2.44. The molecule has 0 atom stereocenters. The average molecular weight is 269 g/mol. The van der Waals surface area contributed by atoms with E-state index in [0.717, 1.165) is 12.1 Å². The largest absolute Gasteiger partial charge is 0.493 e. The summed E-state index contributed by atoms with van der Waals surface area (Å²) in [5.74, 6) is -0.105. The van der Waals surface area contributed by atoms with Crippen LogP contribution in [0.3, 0.4) is 0 Å². The molecule has 0 aliphatic carbocycles. The predicted octanol–water partition coefficient (Wildman–Crippen LogP) is 2.27. The van der Waals surface area contributed by atoms with E-state index in [-0.39, 0.29) is 11.8 Å². The van der Waals surface area contributed by atoms with E-state index < -0.39 is 0 Å². The molecule has 4 nitrogen and oxygen atoms in total. The monoisotopic (exact) mass is 269 g/mol. The number of hydrogen-bond donors (Lipinski definition) is 1. The fraction of sp³-hybridized carbons (Fsp3) is 0.500. The summed E-state index contributed by atoms with van der Waals surface area (Å²) in [6, 6.07) is 4.61. The van der Waals surface area contributed by atoms with Crippen molar-refractivity contribution >= 4 is 5.97 Å². The standard InChI is InChI=1S/C14H20FNO3/c1-3-16-10-11-7-12(15)9-13(8-11)19-6-4-5-14(17)18-2/h7-9,16H,3-6,10H2,1-2H3. The van der Waals surface area contributed by atoms with Crippen LogP contribution in [0.2, 0.25) is 0 Å². The molecular weight excluding hydrogens is 249 g/mol. The van der Waals surface area contributed by atoms with Gasteiger partial charge in [0.25, 0.3) is 0 Å². The van der Waals surface area contributed by atoms with Gasteiger partial charge in [-0.1, -0.05) is 6.92 Å². The van der Waals surface area contributed by atoms with E-state index in [1.54, 1.807) is 6.07 Å². The van der Waals surface area contributed by atoms with E-state index in [9.17, 15) is 9.18 Å². The van der Waals surface area contributed by atoms with Crippen molar-refractivity contribution in [1.82, 2.24) is 5.32 Å². The number of nitrogens with one attached hydrogen (secondary N) is 1. The molecule has 0 saturated carbocycles. The molecule has 0 fully saturated rings. The summed E-state index contributed by atoms with van der Waals surface area (Å²) in [5, 5.41) is 3.13. The van der Waals surface area contributed by atoms with Crippen molar-refractivity contribution in [3.63, 3.8) is 0 Å². The summed E-state index contributed by atoms with van der Waals surface area (Å²) in [6.45, 7) is 3.78. The first kappa shape index (κ1) is 15.4. The number of carbonyl (C=O) groups excluding carboxylic acids is 1. The van der Waals surface area contributed by atoms with Gasteiger partial charge in [-0.2, -0.15) is 0 Å². The van der Waals surface area contributed by atoms with Crippen molar-refractivity contribution in [3.8, 4) is 5.75 Å². The molecule has 5 heteroatoms. The van der Waals surface area contributed by atoms with Crippen LogP contribution in [0.4, 0.5) is 4.39 Å². The molecule has 106 valence electrons. The molecule has 0 aliphatic heterocycles. The van der Waals surface area contributed by atoms with Crippen molar-refractivity contribution in [2.24, 2.45) is 0 Å². The van der Waals surface area contributed by atoms with Crippen LogP contribution in [-0.4, -0.2) is 26.2 Å². The van der Waals surface area contributed by atoms with Gasteiger partial charge in [-0.15, -0.1) is 0 Å². The fourth-order valence-electron chi connectivity index (χ4n) is 1.58. The SMILES string of the molecule is CCNCc1cc(F)cc(OCCCC(=O)OC)c1. The smallest absolute Gasteiger partial charge is 0.305 e. The van der Waals surface area contributed by atoms with Crippen LogP contribution in [0, 0.1) is 5.82 Å². The third kappa shape index (κ3) is 6.20. The van der Waals surface area contributed by atoms with Crippen LogP contribution >= 0.6 is 0 Å². The van der Waals surface area contributed by atoms with Gasteiger partial charge in [0, 0.05) is 19.0 Å². The van der Waals surface area contributed by atoms with Gasteiger partial charge in [0.2, 0.25) is 0 Å². The van der Waals surface area contributed by atoms with Crippen molar-refractivity contribution in [2.45, 2.75) is 26.3 Å². The van der Waals surface area contributed by atoms with Gasteiger partial charge in [0.1, 0.15) is 11.6 Å². The number of carbonyl (C=O) groups is 1. The van der Waals surface area contributed by atoms with Crippen molar-refractivity contribution in [3.05, 3.63) is 29.6 Å². The number of hydrogen-bond acceptors (Lipinski definition) is 4. The summed E-state index contributed by atoms with van der Waals surface area (Å²) in [5.41, 5.74) is 0.838. The first-order valence-electron chi connectivity index (χ1n) is 6.35. The van der Waals surface area contributed by atoms with Crippen LogP contribution in [0.25, 0.3) is 0 Å². The predicted molar refractivity (Wildman–Crippen MR) is 70.5 cm³/mol. The Morgan fingerprint density at radius 1 is 1.37 bits per heavy atom. The molecule has 0 aliphatic rings. The Morgan fingerprint density at radius 2 is 2.16 bits per heavy atom. The quantitative estimate of drug-likeness (QED) is 0.581. The Hall–Kier alpha value is -1.62. The maximum Gasteiger partial charge on any atom is 0.305 e. The Morgan fingerprint density at radius 3 is 2.84 bits per heavy atom. The highest BCUT2D eigenvalue weighted by Crippen LogP contribution is 2.16. The van der Waals surface area contributed by atoms with E-state index in [1.807, 2.05) is 6.92 Å². The molecule has 0 radical (unpaired) electrons. The van der Waals surface area contributed by atoms with E-state index in [1.165, 1.54) is 19.2 Å². The maximum absolute atomic E-state index is 13.4. The Labute approximate surface area is 112 Å². The number of rotatable bonds is 8. The van der Waals surface area contributed by atoms with Crippen LogP contribution in [0.15, 0.2) is 18.2 Å². The van der Waals surface area contributed by atoms with Gasteiger partial charge in [-0.3, -0.25) is 4.79 Å². The Bertz CT molecular complexity index is 410. The van der Waals surface area contributed by atoms with Gasteiger partial charge < -0.3 is 14.8 Å². The molecular formula is C14H20FNO3. The average Bonchev–Trinajstić information content (AvgIpc) is 2.40. The fourth-order valence-corrected chi connectivity index (χ4v) is 1.58. The Kier molecular flexibility index (Phi) is 6.89. The number of methoxy groups -OCH3 is 1. The minimum Gasteiger partial charge on any atom is -0.493 e. The van der Waals surface area contributed by atoms with Gasteiger partial charge >= 0.3 is 5.97 Å². The summed E-state index contributed by atoms with van der Waals surface area (Å²) in [7, 11) is 1.35. The minimum absolute atomic E-state index is 0.268. The minimum atomic E-state index is -0.321. The lowest BCUT2D eigenvalue weighted by molar-refractivity contribution is -0.140. The molecule has 0 bridgehead atoms. The zero-order chi connectivity index (χ0) is 14.1. The molecule has 1 aromatic carbocycles. The van der Waals surface area contributed by atoms with Crippen LogP contribution in [0.1, 0.15) is 25.3 Å². The summed E-state index contributed by atoms with van der Waals surface area (Å²) >= 11 is 0. The highest BCUT2D eigenvalue weighted by molar-refractivity contribution is 5.69. The van der Waals surface area contributed by atoms with Crippen LogP contribution in [0.5, 0.6) is 5.75 Å². The van der Waals surface area contributed by atoms with E-state index in [0.29, 0.717) is 31.7 Å². The lowest BCUT2D eigenvalue weighted by Crippen LogP contribution is -2.12. The zero-order valence-electron chi connectivity index (χ0n) is 11.4. The third-order valence-corrected chi connectivity index (χ3v) is 2.53. The number of ether oxygens (including phenoxy) is 2. The number of benzene rings is 1. The topological polar surface area (TPSA) is 47.6 Å². The first-order chi connectivity index (χ1) is 9.15. The van der Waals surface area contributed by atoms with Crippen molar-refractivity contribution < 1.29 is 18.7 Å². The second-order valence-corrected chi connectivity index (χ2v) is 4.10. The molecule has 19 heavy (non-hydrogen) atoms. The first-order valence-corrected chi connectivity index (χ1v) is 6.35. The molecule has 0 aromatic heterocycles. The van der Waals surface area contributed by atoms with Crippen LogP contribution < -0.4 is 10.1 Å². The van der Waals surface area contributed by atoms with Gasteiger partial charge in [0.05, 0.1) is 13.7 Å². The zero-order valence-corrected chi connectivity index (χ0v) is 11.4. The summed E-state index contributed by atoms with van der Waals surface area (Å²) in [4.78, 5) is 10.9. The van der Waals surface area contributed by atoms with Crippen molar-refractivity contribution in [2.75, 3.05) is 20.3 Å². The highest BCUT2D eigenvalue weighted by atomic mass is 19.1. The normalized spacial score (nSPS) is 10.3. The van der Waals surface area contributed by atoms with Gasteiger partial charge in [-0.25, -0.2) is 4.39 Å². The molecule has 0 heterocycles. The van der Waals surface area contributed by atoms with E-state index in [2.05, 4.69) is 10.1 Å². The van der Waals surface area contributed by atoms with E-state index in [4.69, 9.17) is 4.74 Å². The lowest BCUT2D eigenvalue weighted by atomic mass is 10.2. The van der Waals surface area contributed by atoms with Crippen LogP contribution in [-0.2, 0) is 16.1 Å². The van der Waals surface area contributed by atoms with Gasteiger partial charge in [-0.05, 0) is 30.7 Å². The molecule has 0 unspecified atom stereocenters.